The largest absolute Gasteiger partial charge is 0.493 e. The molecule has 0 spiro atoms. The van der Waals surface area contributed by atoms with Crippen molar-refractivity contribution in [3.63, 3.8) is 0 Å². The molecule has 0 unspecified atom stereocenters. The van der Waals surface area contributed by atoms with E-state index in [0.717, 1.165) is 11.1 Å². The lowest BCUT2D eigenvalue weighted by Crippen LogP contribution is -2.13. The first-order valence-corrected chi connectivity index (χ1v) is 13.1. The Kier molecular flexibility index (Phi) is 8.12. The maximum Gasteiger partial charge on any atom is 0.264 e. The van der Waals surface area contributed by atoms with Gasteiger partial charge < -0.3 is 19.3 Å². The van der Waals surface area contributed by atoms with E-state index in [9.17, 15) is 13.2 Å². The number of amides is 1. The highest BCUT2D eigenvalue weighted by atomic mass is 32.2. The molecule has 0 atom stereocenters. The normalized spacial score (nSPS) is 11.3. The summed E-state index contributed by atoms with van der Waals surface area (Å²) in [5, 5.41) is 6.45. The van der Waals surface area contributed by atoms with Gasteiger partial charge in [0.1, 0.15) is 6.61 Å². The van der Waals surface area contributed by atoms with Gasteiger partial charge in [0, 0.05) is 17.3 Å². The van der Waals surface area contributed by atoms with Gasteiger partial charge in [-0.05, 0) is 67.4 Å². The molecule has 0 aliphatic heterocycles. The Morgan fingerprint density at radius 2 is 1.74 bits per heavy atom. The SMILES string of the molecule is COc1cc(C=CC(=O)Nc2ccc(S(=O)(=O)Nc3onc(C)c3C)cc2)ccc1OCc1ccccc1. The van der Waals surface area contributed by atoms with Crippen LogP contribution in [0.2, 0.25) is 0 Å². The zero-order valence-electron chi connectivity index (χ0n) is 21.1. The van der Waals surface area contributed by atoms with E-state index in [1.165, 1.54) is 30.3 Å². The minimum Gasteiger partial charge on any atom is -0.493 e. The van der Waals surface area contributed by atoms with Crippen LogP contribution in [0.15, 0.2) is 88.3 Å². The molecule has 1 heterocycles. The van der Waals surface area contributed by atoms with E-state index in [1.54, 1.807) is 39.2 Å². The summed E-state index contributed by atoms with van der Waals surface area (Å²) in [6, 6.07) is 21.0. The van der Waals surface area contributed by atoms with Crippen molar-refractivity contribution >= 4 is 33.6 Å². The molecule has 0 aliphatic rings. The van der Waals surface area contributed by atoms with Gasteiger partial charge in [-0.15, -0.1) is 0 Å². The lowest BCUT2D eigenvalue weighted by Gasteiger charge is -2.11. The number of aromatic nitrogens is 1. The fourth-order valence-electron chi connectivity index (χ4n) is 3.41. The maximum absolute atomic E-state index is 12.6. The van der Waals surface area contributed by atoms with Crippen LogP contribution in [0.3, 0.4) is 0 Å². The number of carbonyl (C=O) groups excluding carboxylic acids is 1. The second kappa shape index (κ2) is 11.7. The molecule has 3 aromatic carbocycles. The molecule has 4 aromatic rings. The fourth-order valence-corrected chi connectivity index (χ4v) is 4.45. The number of ether oxygens (including phenoxy) is 2. The smallest absolute Gasteiger partial charge is 0.264 e. The maximum atomic E-state index is 12.6. The number of hydrogen-bond donors (Lipinski definition) is 2. The molecule has 0 bridgehead atoms. The number of carbonyl (C=O) groups is 1. The lowest BCUT2D eigenvalue weighted by atomic mass is 10.2. The van der Waals surface area contributed by atoms with Crippen LogP contribution in [-0.4, -0.2) is 26.6 Å². The van der Waals surface area contributed by atoms with Crippen LogP contribution in [0.4, 0.5) is 11.6 Å². The van der Waals surface area contributed by atoms with E-state index in [0.29, 0.717) is 35.1 Å². The summed E-state index contributed by atoms with van der Waals surface area (Å²) < 4.78 is 44.0. The summed E-state index contributed by atoms with van der Waals surface area (Å²) in [6.07, 6.45) is 3.02. The van der Waals surface area contributed by atoms with Crippen LogP contribution in [0.5, 0.6) is 11.5 Å². The Morgan fingerprint density at radius 1 is 1.00 bits per heavy atom. The first-order chi connectivity index (χ1) is 18.2. The van der Waals surface area contributed by atoms with Crippen molar-refractivity contribution in [3.05, 3.63) is 101 Å². The number of aryl methyl sites for hydroxylation is 1. The standard InChI is InChI=1S/C28H27N3O6S/c1-19-20(2)30-37-28(19)31-38(33,34)24-13-11-23(12-14-24)29-27(32)16-10-21-9-15-25(26(17-21)35-3)36-18-22-7-5-4-6-8-22/h4-17,31H,18H2,1-3H3,(H,29,32). The van der Waals surface area contributed by atoms with Crippen molar-refractivity contribution < 1.29 is 27.2 Å². The topological polar surface area (TPSA) is 120 Å². The monoisotopic (exact) mass is 533 g/mol. The molecule has 38 heavy (non-hydrogen) atoms. The predicted octanol–water partition coefficient (Wildman–Crippen LogP) is 5.33. The molecule has 196 valence electrons. The minimum absolute atomic E-state index is 0.0150. The van der Waals surface area contributed by atoms with Gasteiger partial charge in [-0.2, -0.15) is 0 Å². The van der Waals surface area contributed by atoms with E-state index >= 15 is 0 Å². The molecule has 2 N–H and O–H groups in total. The molecular formula is C28H27N3O6S. The number of hydrogen-bond acceptors (Lipinski definition) is 7. The van der Waals surface area contributed by atoms with E-state index in [4.69, 9.17) is 14.0 Å². The predicted molar refractivity (Wildman–Crippen MR) is 145 cm³/mol. The van der Waals surface area contributed by atoms with Crippen LogP contribution < -0.4 is 19.5 Å². The summed E-state index contributed by atoms with van der Waals surface area (Å²) in [4.78, 5) is 12.4. The second-order valence-electron chi connectivity index (χ2n) is 8.36. The van der Waals surface area contributed by atoms with Gasteiger partial charge in [0.2, 0.25) is 11.8 Å². The zero-order valence-corrected chi connectivity index (χ0v) is 21.9. The van der Waals surface area contributed by atoms with Gasteiger partial charge in [-0.3, -0.25) is 4.79 Å². The molecule has 0 aliphatic carbocycles. The first kappa shape index (κ1) is 26.5. The molecule has 1 aromatic heterocycles. The summed E-state index contributed by atoms with van der Waals surface area (Å²) >= 11 is 0. The van der Waals surface area contributed by atoms with Gasteiger partial charge in [0.15, 0.2) is 11.5 Å². The Bertz CT molecular complexity index is 1550. The molecule has 10 heteroatoms. The minimum atomic E-state index is -3.88. The Morgan fingerprint density at radius 3 is 2.39 bits per heavy atom. The van der Waals surface area contributed by atoms with Gasteiger partial charge in [0.25, 0.3) is 10.0 Å². The van der Waals surface area contributed by atoms with Crippen molar-refractivity contribution in [2.75, 3.05) is 17.1 Å². The molecule has 0 fully saturated rings. The van der Waals surface area contributed by atoms with Crippen LogP contribution in [0, 0.1) is 13.8 Å². The molecule has 9 nitrogen and oxygen atoms in total. The lowest BCUT2D eigenvalue weighted by molar-refractivity contribution is -0.111. The zero-order chi connectivity index (χ0) is 27.1. The third-order valence-corrected chi connectivity index (χ3v) is 7.02. The number of sulfonamides is 1. The average Bonchev–Trinajstić information content (AvgIpc) is 3.23. The van der Waals surface area contributed by atoms with Gasteiger partial charge in [-0.25, -0.2) is 13.1 Å². The molecule has 4 rings (SSSR count). The van der Waals surface area contributed by atoms with E-state index in [-0.39, 0.29) is 16.7 Å². The van der Waals surface area contributed by atoms with E-state index in [2.05, 4.69) is 15.2 Å². The summed E-state index contributed by atoms with van der Waals surface area (Å²) in [5.74, 6) is 0.827. The second-order valence-corrected chi connectivity index (χ2v) is 10.0. The highest BCUT2D eigenvalue weighted by Gasteiger charge is 2.19. The van der Waals surface area contributed by atoms with Crippen molar-refractivity contribution in [2.24, 2.45) is 0 Å². The van der Waals surface area contributed by atoms with Crippen molar-refractivity contribution in [3.8, 4) is 11.5 Å². The van der Waals surface area contributed by atoms with Crippen molar-refractivity contribution in [2.45, 2.75) is 25.3 Å². The number of benzene rings is 3. The van der Waals surface area contributed by atoms with Gasteiger partial charge in [0.05, 0.1) is 17.7 Å². The average molecular weight is 534 g/mol. The van der Waals surface area contributed by atoms with Crippen LogP contribution in [-0.2, 0) is 21.4 Å². The number of anilines is 2. The highest BCUT2D eigenvalue weighted by molar-refractivity contribution is 7.92. The Labute approximate surface area is 221 Å². The highest BCUT2D eigenvalue weighted by Crippen LogP contribution is 2.29. The van der Waals surface area contributed by atoms with E-state index < -0.39 is 10.0 Å². The number of methoxy groups -OCH3 is 1. The van der Waals surface area contributed by atoms with Crippen LogP contribution >= 0.6 is 0 Å². The Balaban J connectivity index is 1.36. The third kappa shape index (κ3) is 6.60. The molecule has 0 saturated heterocycles. The first-order valence-electron chi connectivity index (χ1n) is 11.6. The quantitative estimate of drug-likeness (QED) is 0.264. The van der Waals surface area contributed by atoms with Gasteiger partial charge >= 0.3 is 0 Å². The summed E-state index contributed by atoms with van der Waals surface area (Å²) in [7, 11) is -2.32. The molecule has 1 amide bonds. The Hall–Kier alpha value is -4.57. The van der Waals surface area contributed by atoms with Gasteiger partial charge in [-0.1, -0.05) is 41.6 Å². The number of nitrogens with one attached hydrogen (secondary N) is 2. The molecule has 0 radical (unpaired) electrons. The number of rotatable bonds is 10. The molecular weight excluding hydrogens is 506 g/mol. The fraction of sp³-hybridized carbons (Fsp3) is 0.143. The van der Waals surface area contributed by atoms with Crippen molar-refractivity contribution in [1.29, 1.82) is 0 Å². The van der Waals surface area contributed by atoms with E-state index in [1.807, 2.05) is 36.4 Å². The van der Waals surface area contributed by atoms with Crippen molar-refractivity contribution in [1.82, 2.24) is 5.16 Å². The summed E-state index contributed by atoms with van der Waals surface area (Å²) in [6.45, 7) is 3.83. The molecule has 0 saturated carbocycles. The number of nitrogens with zero attached hydrogens (tertiary/aromatic N) is 1. The van der Waals surface area contributed by atoms with Crippen LogP contribution in [0.25, 0.3) is 6.08 Å². The van der Waals surface area contributed by atoms with Crippen LogP contribution in [0.1, 0.15) is 22.4 Å². The summed E-state index contributed by atoms with van der Waals surface area (Å²) in [5.41, 5.74) is 3.43. The third-order valence-electron chi connectivity index (χ3n) is 5.67.